The summed E-state index contributed by atoms with van der Waals surface area (Å²) in [5, 5.41) is 2.83. The Morgan fingerprint density at radius 3 is 2.90 bits per heavy atom. The first kappa shape index (κ1) is 18.7. The molecule has 10 heteroatoms. The molecule has 5 heterocycles. The number of amides is 1. The summed E-state index contributed by atoms with van der Waals surface area (Å²) >= 11 is 5.82. The van der Waals surface area contributed by atoms with E-state index in [1.807, 2.05) is 17.0 Å². The van der Waals surface area contributed by atoms with Gasteiger partial charge in [0, 0.05) is 19.3 Å². The highest BCUT2D eigenvalue weighted by molar-refractivity contribution is 6.30. The Balaban J connectivity index is 1.47. The summed E-state index contributed by atoms with van der Waals surface area (Å²) in [6.45, 7) is 4.92. The fraction of sp³-hybridized carbons (Fsp3) is 0.250. The molecule has 2 aliphatic heterocycles. The lowest BCUT2D eigenvalue weighted by Crippen LogP contribution is -2.48. The largest absolute Gasteiger partial charge is 0.350 e. The van der Waals surface area contributed by atoms with E-state index in [9.17, 15) is 9.18 Å². The molecule has 3 aromatic rings. The van der Waals surface area contributed by atoms with Crippen molar-refractivity contribution in [1.29, 1.82) is 0 Å². The SMILES string of the molecule is C=CC(=O)N1C[C@@H]2C[C@H]1CN2c1ccc2ncnc(Nc3cncc(Cl)c3F)c2n1. The van der Waals surface area contributed by atoms with Crippen molar-refractivity contribution in [2.45, 2.75) is 18.5 Å². The number of nitrogens with zero attached hydrogens (tertiary/aromatic N) is 6. The molecule has 0 aromatic carbocycles. The molecule has 2 fully saturated rings. The quantitative estimate of drug-likeness (QED) is 0.643. The van der Waals surface area contributed by atoms with Crippen molar-refractivity contribution >= 4 is 45.9 Å². The third kappa shape index (κ3) is 3.02. The molecule has 1 N–H and O–H groups in total. The molecular formula is C20H17ClFN7O. The predicted octanol–water partition coefficient (Wildman–Crippen LogP) is 2.93. The third-order valence-corrected chi connectivity index (χ3v) is 5.81. The van der Waals surface area contributed by atoms with Gasteiger partial charge in [-0.1, -0.05) is 18.2 Å². The van der Waals surface area contributed by atoms with E-state index < -0.39 is 5.82 Å². The minimum absolute atomic E-state index is 0.0364. The predicted molar refractivity (Wildman–Crippen MR) is 111 cm³/mol. The number of aromatic nitrogens is 4. The van der Waals surface area contributed by atoms with Crippen LogP contribution in [0.25, 0.3) is 11.0 Å². The van der Waals surface area contributed by atoms with Gasteiger partial charge in [-0.15, -0.1) is 0 Å². The molecule has 152 valence electrons. The number of pyridine rings is 2. The minimum Gasteiger partial charge on any atom is -0.350 e. The molecule has 8 nitrogen and oxygen atoms in total. The Morgan fingerprint density at radius 2 is 2.13 bits per heavy atom. The summed E-state index contributed by atoms with van der Waals surface area (Å²) in [7, 11) is 0. The van der Waals surface area contributed by atoms with Gasteiger partial charge in [0.15, 0.2) is 11.6 Å². The van der Waals surface area contributed by atoms with Crippen LogP contribution in [0, 0.1) is 5.82 Å². The Bertz CT molecular complexity index is 1170. The summed E-state index contributed by atoms with van der Waals surface area (Å²) in [6, 6.07) is 4.10. The number of likely N-dealkylation sites (tertiary alicyclic amines) is 1. The first-order valence-electron chi connectivity index (χ1n) is 9.42. The Kier molecular flexibility index (Phi) is 4.47. The summed E-state index contributed by atoms with van der Waals surface area (Å²) in [5.41, 5.74) is 1.24. The number of hydrogen-bond donors (Lipinski definition) is 1. The van der Waals surface area contributed by atoms with Crippen molar-refractivity contribution in [3.8, 4) is 0 Å². The lowest BCUT2D eigenvalue weighted by molar-refractivity contribution is -0.127. The normalized spacial score (nSPS) is 20.1. The van der Waals surface area contributed by atoms with Crippen LogP contribution in [-0.2, 0) is 4.79 Å². The van der Waals surface area contributed by atoms with Crippen LogP contribution < -0.4 is 10.2 Å². The highest BCUT2D eigenvalue weighted by atomic mass is 35.5. The standard InChI is InChI=1S/C20H17ClFN7O/c1-2-17(30)29-9-11-5-12(29)8-28(11)16-4-3-14-19(27-16)20(25-10-24-14)26-15-7-23-6-13(21)18(15)22/h2-4,6-7,10-12H,1,5,8-9H2,(H,24,25,26)/t11-,12-/m0/s1. The van der Waals surface area contributed by atoms with Crippen LogP contribution in [0.2, 0.25) is 5.02 Å². The minimum atomic E-state index is -0.613. The molecule has 2 aliphatic rings. The molecule has 1 amide bonds. The maximum Gasteiger partial charge on any atom is 0.246 e. The molecule has 30 heavy (non-hydrogen) atoms. The molecule has 2 atom stereocenters. The van der Waals surface area contributed by atoms with E-state index in [4.69, 9.17) is 16.6 Å². The number of carbonyl (C=O) groups excluding carboxylic acids is 1. The zero-order chi connectivity index (χ0) is 20.8. The van der Waals surface area contributed by atoms with Crippen LogP contribution in [0.3, 0.4) is 0 Å². The van der Waals surface area contributed by atoms with E-state index in [-0.39, 0.29) is 28.7 Å². The summed E-state index contributed by atoms with van der Waals surface area (Å²) < 4.78 is 14.3. The van der Waals surface area contributed by atoms with Crippen molar-refractivity contribution in [3.63, 3.8) is 0 Å². The van der Waals surface area contributed by atoms with Crippen molar-refractivity contribution in [1.82, 2.24) is 24.8 Å². The van der Waals surface area contributed by atoms with Crippen LogP contribution >= 0.6 is 11.6 Å². The second-order valence-electron chi connectivity index (χ2n) is 7.26. The highest BCUT2D eigenvalue weighted by Crippen LogP contribution is 2.35. The topological polar surface area (TPSA) is 87.1 Å². The fourth-order valence-corrected chi connectivity index (χ4v) is 4.31. The molecule has 0 saturated carbocycles. The number of halogens is 2. The molecule has 0 unspecified atom stereocenters. The van der Waals surface area contributed by atoms with Gasteiger partial charge in [-0.05, 0) is 24.6 Å². The number of nitrogens with one attached hydrogen (secondary N) is 1. The maximum absolute atomic E-state index is 14.3. The lowest BCUT2D eigenvalue weighted by Gasteiger charge is -2.34. The maximum atomic E-state index is 14.3. The monoisotopic (exact) mass is 425 g/mol. The van der Waals surface area contributed by atoms with Gasteiger partial charge in [-0.2, -0.15) is 0 Å². The van der Waals surface area contributed by atoms with Gasteiger partial charge in [0.2, 0.25) is 5.91 Å². The average molecular weight is 426 g/mol. The molecule has 3 aromatic heterocycles. The van der Waals surface area contributed by atoms with Crippen LogP contribution in [0.1, 0.15) is 6.42 Å². The summed E-state index contributed by atoms with van der Waals surface area (Å²) in [4.78, 5) is 33.2. The number of anilines is 3. The Morgan fingerprint density at radius 1 is 1.27 bits per heavy atom. The van der Waals surface area contributed by atoms with Gasteiger partial charge in [-0.25, -0.2) is 19.3 Å². The van der Waals surface area contributed by atoms with Crippen molar-refractivity contribution in [3.05, 3.63) is 54.3 Å². The summed E-state index contributed by atoms with van der Waals surface area (Å²) in [5.74, 6) is 0.477. The molecule has 2 bridgehead atoms. The third-order valence-electron chi connectivity index (χ3n) is 5.55. The molecule has 0 aliphatic carbocycles. The zero-order valence-electron chi connectivity index (χ0n) is 15.8. The average Bonchev–Trinajstić information content (AvgIpc) is 3.37. The van der Waals surface area contributed by atoms with E-state index >= 15 is 0 Å². The van der Waals surface area contributed by atoms with Crippen molar-refractivity contribution in [2.24, 2.45) is 0 Å². The van der Waals surface area contributed by atoms with E-state index in [0.29, 0.717) is 29.9 Å². The van der Waals surface area contributed by atoms with Gasteiger partial charge in [0.25, 0.3) is 0 Å². The zero-order valence-corrected chi connectivity index (χ0v) is 16.6. The Hall–Kier alpha value is -3.33. The van der Waals surface area contributed by atoms with Gasteiger partial charge < -0.3 is 15.1 Å². The van der Waals surface area contributed by atoms with Gasteiger partial charge >= 0.3 is 0 Å². The number of carbonyl (C=O) groups is 1. The van der Waals surface area contributed by atoms with Crippen molar-refractivity contribution in [2.75, 3.05) is 23.3 Å². The highest BCUT2D eigenvalue weighted by Gasteiger charge is 2.45. The van der Waals surface area contributed by atoms with Gasteiger partial charge in [0.1, 0.15) is 17.7 Å². The van der Waals surface area contributed by atoms with Gasteiger partial charge in [0.05, 0.1) is 34.5 Å². The fourth-order valence-electron chi connectivity index (χ4n) is 4.15. The number of rotatable bonds is 4. The van der Waals surface area contributed by atoms with Crippen LogP contribution in [0.5, 0.6) is 0 Å². The van der Waals surface area contributed by atoms with Crippen LogP contribution in [0.15, 0.2) is 43.5 Å². The molecule has 2 saturated heterocycles. The number of piperazine rings is 1. The van der Waals surface area contributed by atoms with Crippen LogP contribution in [-0.4, -0.2) is 55.9 Å². The molecular weight excluding hydrogens is 409 g/mol. The molecule has 0 radical (unpaired) electrons. The molecule has 0 spiro atoms. The van der Waals surface area contributed by atoms with E-state index in [0.717, 1.165) is 12.2 Å². The van der Waals surface area contributed by atoms with E-state index in [2.05, 4.69) is 31.7 Å². The van der Waals surface area contributed by atoms with E-state index in [1.54, 1.807) is 0 Å². The lowest BCUT2D eigenvalue weighted by atomic mass is 10.2. The summed E-state index contributed by atoms with van der Waals surface area (Å²) in [6.07, 6.45) is 6.22. The van der Waals surface area contributed by atoms with Gasteiger partial charge in [-0.3, -0.25) is 9.78 Å². The molecule has 5 rings (SSSR count). The van der Waals surface area contributed by atoms with E-state index in [1.165, 1.54) is 24.8 Å². The Labute approximate surface area is 176 Å². The number of fused-ring (bicyclic) bond motifs is 3. The van der Waals surface area contributed by atoms with Crippen LogP contribution in [0.4, 0.5) is 21.7 Å². The first-order chi connectivity index (χ1) is 14.5. The second kappa shape index (κ2) is 7.17. The smallest absolute Gasteiger partial charge is 0.246 e. The second-order valence-corrected chi connectivity index (χ2v) is 7.66. The first-order valence-corrected chi connectivity index (χ1v) is 9.80. The van der Waals surface area contributed by atoms with Crippen molar-refractivity contribution < 1.29 is 9.18 Å². The number of hydrogen-bond acceptors (Lipinski definition) is 7.